The molecule has 0 atom stereocenters. The van der Waals surface area contributed by atoms with Crippen LogP contribution in [0.2, 0.25) is 0 Å². The first-order valence-corrected chi connectivity index (χ1v) is 6.53. The standard InChI is InChI=1S/C13H17N5O/c1-9-15-6-3-10(16-9)12-17-11(19-18-12)7-13(8-14)4-2-5-13/h3,6H,2,4-5,7-8,14H2,1H3. The van der Waals surface area contributed by atoms with Crippen LogP contribution in [0.3, 0.4) is 0 Å². The number of rotatable bonds is 4. The Morgan fingerprint density at radius 3 is 2.84 bits per heavy atom. The molecule has 2 heterocycles. The van der Waals surface area contributed by atoms with Gasteiger partial charge in [-0.2, -0.15) is 4.98 Å². The molecular formula is C13H17N5O. The fourth-order valence-corrected chi connectivity index (χ4v) is 2.46. The Balaban J connectivity index is 1.80. The minimum Gasteiger partial charge on any atom is -0.339 e. The van der Waals surface area contributed by atoms with Crippen molar-refractivity contribution in [1.82, 2.24) is 20.1 Å². The predicted molar refractivity (Wildman–Crippen MR) is 69.1 cm³/mol. The molecule has 0 amide bonds. The van der Waals surface area contributed by atoms with Crippen LogP contribution in [-0.4, -0.2) is 26.7 Å². The summed E-state index contributed by atoms with van der Waals surface area (Å²) >= 11 is 0. The lowest BCUT2D eigenvalue weighted by Crippen LogP contribution is -2.39. The third-order valence-corrected chi connectivity index (χ3v) is 3.85. The lowest BCUT2D eigenvalue weighted by molar-refractivity contribution is 0.129. The van der Waals surface area contributed by atoms with E-state index in [2.05, 4.69) is 20.1 Å². The molecule has 1 aliphatic rings. The molecule has 0 bridgehead atoms. The smallest absolute Gasteiger partial charge is 0.227 e. The first-order valence-electron chi connectivity index (χ1n) is 6.53. The number of nitrogens with zero attached hydrogens (tertiary/aromatic N) is 4. The first-order chi connectivity index (χ1) is 9.21. The largest absolute Gasteiger partial charge is 0.339 e. The fourth-order valence-electron chi connectivity index (χ4n) is 2.46. The summed E-state index contributed by atoms with van der Waals surface area (Å²) in [5.74, 6) is 1.87. The van der Waals surface area contributed by atoms with Crippen molar-refractivity contribution in [3.05, 3.63) is 24.0 Å². The minimum absolute atomic E-state index is 0.172. The zero-order valence-electron chi connectivity index (χ0n) is 11.0. The molecular weight excluding hydrogens is 242 g/mol. The van der Waals surface area contributed by atoms with E-state index >= 15 is 0 Å². The number of hydrogen-bond acceptors (Lipinski definition) is 6. The van der Waals surface area contributed by atoms with Gasteiger partial charge in [0.05, 0.1) is 0 Å². The quantitative estimate of drug-likeness (QED) is 0.894. The Morgan fingerprint density at radius 2 is 2.21 bits per heavy atom. The van der Waals surface area contributed by atoms with E-state index < -0.39 is 0 Å². The summed E-state index contributed by atoms with van der Waals surface area (Å²) in [5.41, 5.74) is 6.71. The lowest BCUT2D eigenvalue weighted by Gasteiger charge is -2.39. The fraction of sp³-hybridized carbons (Fsp3) is 0.538. The van der Waals surface area contributed by atoms with Crippen molar-refractivity contribution in [2.75, 3.05) is 6.54 Å². The van der Waals surface area contributed by atoms with E-state index in [0.29, 0.717) is 29.8 Å². The number of aryl methyl sites for hydroxylation is 1. The van der Waals surface area contributed by atoms with Crippen LogP contribution in [0.1, 0.15) is 31.0 Å². The van der Waals surface area contributed by atoms with Gasteiger partial charge in [0.2, 0.25) is 11.7 Å². The van der Waals surface area contributed by atoms with Crippen molar-refractivity contribution in [1.29, 1.82) is 0 Å². The van der Waals surface area contributed by atoms with Gasteiger partial charge in [0.15, 0.2) is 0 Å². The molecule has 6 heteroatoms. The van der Waals surface area contributed by atoms with Crippen molar-refractivity contribution in [2.45, 2.75) is 32.6 Å². The highest BCUT2D eigenvalue weighted by Crippen LogP contribution is 2.42. The highest BCUT2D eigenvalue weighted by molar-refractivity contribution is 5.46. The first kappa shape index (κ1) is 12.2. The zero-order valence-corrected chi connectivity index (χ0v) is 11.0. The van der Waals surface area contributed by atoms with Crippen molar-refractivity contribution >= 4 is 0 Å². The maximum Gasteiger partial charge on any atom is 0.227 e. The zero-order chi connectivity index (χ0) is 13.3. The van der Waals surface area contributed by atoms with Gasteiger partial charge in [-0.3, -0.25) is 0 Å². The van der Waals surface area contributed by atoms with Gasteiger partial charge in [0, 0.05) is 12.6 Å². The predicted octanol–water partition coefficient (Wildman–Crippen LogP) is 1.51. The summed E-state index contributed by atoms with van der Waals surface area (Å²) in [7, 11) is 0. The Hall–Kier alpha value is -1.82. The van der Waals surface area contributed by atoms with Gasteiger partial charge < -0.3 is 10.3 Å². The maximum atomic E-state index is 5.84. The molecule has 19 heavy (non-hydrogen) atoms. The van der Waals surface area contributed by atoms with Crippen LogP contribution < -0.4 is 5.73 Å². The lowest BCUT2D eigenvalue weighted by atomic mass is 9.67. The van der Waals surface area contributed by atoms with Crippen LogP contribution >= 0.6 is 0 Å². The summed E-state index contributed by atoms with van der Waals surface area (Å²) < 4.78 is 5.32. The van der Waals surface area contributed by atoms with Gasteiger partial charge >= 0.3 is 0 Å². The maximum absolute atomic E-state index is 5.84. The van der Waals surface area contributed by atoms with Crippen LogP contribution in [0, 0.1) is 12.3 Å². The summed E-state index contributed by atoms with van der Waals surface area (Å²) in [5, 5.41) is 3.99. The van der Waals surface area contributed by atoms with E-state index in [1.54, 1.807) is 12.3 Å². The van der Waals surface area contributed by atoms with Gasteiger partial charge in [-0.25, -0.2) is 9.97 Å². The molecule has 0 radical (unpaired) electrons. The molecule has 6 nitrogen and oxygen atoms in total. The SMILES string of the molecule is Cc1nccc(-c2noc(CC3(CN)CCC3)n2)n1. The van der Waals surface area contributed by atoms with E-state index in [9.17, 15) is 0 Å². The van der Waals surface area contributed by atoms with Gasteiger partial charge in [0.1, 0.15) is 11.5 Å². The van der Waals surface area contributed by atoms with Crippen molar-refractivity contribution in [3.8, 4) is 11.5 Å². The van der Waals surface area contributed by atoms with Gasteiger partial charge in [0.25, 0.3) is 0 Å². The minimum atomic E-state index is 0.172. The molecule has 2 aromatic heterocycles. The van der Waals surface area contributed by atoms with Crippen LogP contribution in [-0.2, 0) is 6.42 Å². The topological polar surface area (TPSA) is 90.7 Å². The van der Waals surface area contributed by atoms with Crippen LogP contribution in [0.5, 0.6) is 0 Å². The van der Waals surface area contributed by atoms with E-state index in [1.165, 1.54) is 6.42 Å². The summed E-state index contributed by atoms with van der Waals surface area (Å²) in [6, 6.07) is 1.78. The Morgan fingerprint density at radius 1 is 1.37 bits per heavy atom. The number of hydrogen-bond donors (Lipinski definition) is 1. The molecule has 1 saturated carbocycles. The third-order valence-electron chi connectivity index (χ3n) is 3.85. The van der Waals surface area contributed by atoms with Gasteiger partial charge in [-0.05, 0) is 37.8 Å². The van der Waals surface area contributed by atoms with Crippen LogP contribution in [0.25, 0.3) is 11.5 Å². The van der Waals surface area contributed by atoms with Crippen molar-refractivity contribution in [2.24, 2.45) is 11.1 Å². The second-order valence-corrected chi connectivity index (χ2v) is 5.24. The third kappa shape index (κ3) is 2.35. The molecule has 0 spiro atoms. The molecule has 0 saturated heterocycles. The highest BCUT2D eigenvalue weighted by atomic mass is 16.5. The van der Waals surface area contributed by atoms with Gasteiger partial charge in [-0.1, -0.05) is 11.6 Å². The van der Waals surface area contributed by atoms with Crippen LogP contribution in [0.15, 0.2) is 16.8 Å². The molecule has 0 aliphatic heterocycles. The van der Waals surface area contributed by atoms with Crippen molar-refractivity contribution < 1.29 is 4.52 Å². The average molecular weight is 259 g/mol. The van der Waals surface area contributed by atoms with E-state index in [0.717, 1.165) is 19.3 Å². The molecule has 2 aromatic rings. The average Bonchev–Trinajstić information content (AvgIpc) is 2.82. The molecule has 3 rings (SSSR count). The van der Waals surface area contributed by atoms with E-state index in [1.807, 2.05) is 6.92 Å². The van der Waals surface area contributed by atoms with Crippen molar-refractivity contribution in [3.63, 3.8) is 0 Å². The normalized spacial score (nSPS) is 17.2. The second kappa shape index (κ2) is 4.70. The number of nitrogens with two attached hydrogens (primary N) is 1. The molecule has 1 fully saturated rings. The molecule has 100 valence electrons. The molecule has 0 aromatic carbocycles. The highest BCUT2D eigenvalue weighted by Gasteiger charge is 2.37. The van der Waals surface area contributed by atoms with Crippen LogP contribution in [0.4, 0.5) is 0 Å². The van der Waals surface area contributed by atoms with Gasteiger partial charge in [-0.15, -0.1) is 0 Å². The summed E-state index contributed by atoms with van der Waals surface area (Å²) in [6.07, 6.45) is 5.99. The number of aromatic nitrogens is 4. The Bertz CT molecular complexity index is 570. The van der Waals surface area contributed by atoms with E-state index in [4.69, 9.17) is 10.3 Å². The summed E-state index contributed by atoms with van der Waals surface area (Å²) in [6.45, 7) is 2.51. The monoisotopic (exact) mass is 259 g/mol. The molecule has 2 N–H and O–H groups in total. The summed E-state index contributed by atoms with van der Waals surface area (Å²) in [4.78, 5) is 12.8. The molecule has 0 unspecified atom stereocenters. The Kier molecular flexibility index (Phi) is 3.02. The van der Waals surface area contributed by atoms with E-state index in [-0.39, 0.29) is 5.41 Å². The molecule has 1 aliphatic carbocycles. The Labute approximate surface area is 111 Å². The second-order valence-electron chi connectivity index (χ2n) is 5.24.